The first-order chi connectivity index (χ1) is 7.68. The van der Waals surface area contributed by atoms with Gasteiger partial charge in [-0.2, -0.15) is 0 Å². The third kappa shape index (κ3) is 2.34. The van der Waals surface area contributed by atoms with E-state index in [0.717, 1.165) is 6.42 Å². The molecule has 2 rings (SSSR count). The number of benzene rings is 1. The fourth-order valence-corrected chi connectivity index (χ4v) is 2.22. The Morgan fingerprint density at radius 1 is 1.19 bits per heavy atom. The zero-order valence-electron chi connectivity index (χ0n) is 9.26. The van der Waals surface area contributed by atoms with Crippen LogP contribution in [0.25, 0.3) is 0 Å². The predicted octanol–water partition coefficient (Wildman–Crippen LogP) is 2.78. The molecule has 1 aliphatic rings. The highest BCUT2D eigenvalue weighted by molar-refractivity contribution is 5.26. The Morgan fingerprint density at radius 2 is 1.88 bits per heavy atom. The van der Waals surface area contributed by atoms with Gasteiger partial charge in [-0.3, -0.25) is 0 Å². The molecule has 0 aliphatic heterocycles. The molecule has 2 nitrogen and oxygen atoms in total. The standard InChI is InChI=1S/C14H17O2/c1-10-13(15)8-7-12(9-14(10)16)11-5-3-2-4-6-11/h2-6,12,14-16H,1,7-9H2. The summed E-state index contributed by atoms with van der Waals surface area (Å²) in [7, 11) is 0. The zero-order valence-corrected chi connectivity index (χ0v) is 9.26. The van der Waals surface area contributed by atoms with E-state index >= 15 is 0 Å². The summed E-state index contributed by atoms with van der Waals surface area (Å²) in [5, 5.41) is 19.5. The number of hydrogen-bond acceptors (Lipinski definition) is 2. The normalized spacial score (nSPS) is 27.8. The summed E-state index contributed by atoms with van der Waals surface area (Å²) in [6.45, 7) is 3.73. The van der Waals surface area contributed by atoms with Crippen molar-refractivity contribution in [1.82, 2.24) is 0 Å². The van der Waals surface area contributed by atoms with Gasteiger partial charge in [0.05, 0.1) is 6.10 Å². The molecule has 0 bridgehead atoms. The van der Waals surface area contributed by atoms with Crippen molar-refractivity contribution in [2.45, 2.75) is 31.3 Å². The van der Waals surface area contributed by atoms with E-state index in [4.69, 9.17) is 0 Å². The summed E-state index contributed by atoms with van der Waals surface area (Å²) in [6, 6.07) is 10.1. The molecule has 0 spiro atoms. The smallest absolute Gasteiger partial charge is 0.120 e. The van der Waals surface area contributed by atoms with Gasteiger partial charge < -0.3 is 10.2 Å². The largest absolute Gasteiger partial charge is 0.389 e. The maximum atomic E-state index is 9.88. The second-order valence-electron chi connectivity index (χ2n) is 4.37. The molecule has 2 heteroatoms. The molecule has 1 saturated carbocycles. The van der Waals surface area contributed by atoms with Gasteiger partial charge in [-0.15, -0.1) is 0 Å². The van der Waals surface area contributed by atoms with Crippen LogP contribution in [0.2, 0.25) is 0 Å². The SMILES string of the molecule is C=C1[C](O)CCC(c2ccccc2)CC1O. The van der Waals surface area contributed by atoms with Crippen molar-refractivity contribution in [1.29, 1.82) is 0 Å². The van der Waals surface area contributed by atoms with Gasteiger partial charge in [0, 0.05) is 0 Å². The minimum absolute atomic E-state index is 0.255. The van der Waals surface area contributed by atoms with E-state index in [-0.39, 0.29) is 6.10 Å². The van der Waals surface area contributed by atoms with Gasteiger partial charge in [0.1, 0.15) is 6.10 Å². The summed E-state index contributed by atoms with van der Waals surface area (Å²) in [6.07, 6.45) is 1.76. The molecule has 1 radical (unpaired) electrons. The van der Waals surface area contributed by atoms with Crippen LogP contribution >= 0.6 is 0 Å². The van der Waals surface area contributed by atoms with Gasteiger partial charge in [-0.1, -0.05) is 36.9 Å². The Kier molecular flexibility index (Phi) is 3.42. The molecular formula is C14H17O2. The van der Waals surface area contributed by atoms with Gasteiger partial charge in [-0.25, -0.2) is 0 Å². The quantitative estimate of drug-likeness (QED) is 0.710. The first-order valence-electron chi connectivity index (χ1n) is 5.65. The molecule has 0 saturated heterocycles. The lowest BCUT2D eigenvalue weighted by atomic mass is 9.91. The minimum atomic E-state index is -0.618. The second-order valence-corrected chi connectivity index (χ2v) is 4.37. The van der Waals surface area contributed by atoms with E-state index in [0.29, 0.717) is 24.3 Å². The molecule has 0 heterocycles. The van der Waals surface area contributed by atoms with Crippen molar-refractivity contribution in [2.75, 3.05) is 0 Å². The molecule has 1 aromatic carbocycles. The van der Waals surface area contributed by atoms with Crippen molar-refractivity contribution in [3.63, 3.8) is 0 Å². The molecule has 1 aromatic rings. The Bertz CT molecular complexity index is 358. The number of aliphatic hydroxyl groups is 2. The third-order valence-electron chi connectivity index (χ3n) is 3.28. The van der Waals surface area contributed by atoms with E-state index in [1.807, 2.05) is 18.2 Å². The van der Waals surface area contributed by atoms with E-state index in [1.165, 1.54) is 5.56 Å². The van der Waals surface area contributed by atoms with Crippen molar-refractivity contribution in [3.05, 3.63) is 54.2 Å². The van der Waals surface area contributed by atoms with E-state index in [1.54, 1.807) is 0 Å². The molecular weight excluding hydrogens is 200 g/mol. The number of aliphatic hydroxyl groups excluding tert-OH is 2. The van der Waals surface area contributed by atoms with Crippen LogP contribution in [-0.4, -0.2) is 16.3 Å². The number of rotatable bonds is 1. The van der Waals surface area contributed by atoms with E-state index in [9.17, 15) is 10.2 Å². The highest BCUT2D eigenvalue weighted by atomic mass is 16.3. The summed E-state index contributed by atoms with van der Waals surface area (Å²) in [4.78, 5) is 0. The van der Waals surface area contributed by atoms with Crippen LogP contribution < -0.4 is 0 Å². The molecule has 1 aliphatic carbocycles. The molecule has 2 unspecified atom stereocenters. The van der Waals surface area contributed by atoms with Gasteiger partial charge >= 0.3 is 0 Å². The summed E-state index contributed by atoms with van der Waals surface area (Å²) >= 11 is 0. The van der Waals surface area contributed by atoms with Crippen molar-refractivity contribution in [3.8, 4) is 0 Å². The highest BCUT2D eigenvalue weighted by Gasteiger charge is 2.27. The lowest BCUT2D eigenvalue weighted by Gasteiger charge is -2.17. The summed E-state index contributed by atoms with van der Waals surface area (Å²) in [5.74, 6) is 0.303. The lowest BCUT2D eigenvalue weighted by Crippen LogP contribution is -2.14. The van der Waals surface area contributed by atoms with Crippen LogP contribution in [0.1, 0.15) is 30.7 Å². The van der Waals surface area contributed by atoms with Crippen molar-refractivity contribution in [2.24, 2.45) is 0 Å². The van der Waals surface area contributed by atoms with Gasteiger partial charge in [-0.05, 0) is 36.3 Å². The molecule has 0 aromatic heterocycles. The maximum Gasteiger partial charge on any atom is 0.120 e. The first kappa shape index (κ1) is 11.4. The van der Waals surface area contributed by atoms with Crippen LogP contribution in [0.3, 0.4) is 0 Å². The van der Waals surface area contributed by atoms with Crippen molar-refractivity contribution >= 4 is 0 Å². The molecule has 0 amide bonds. The average molecular weight is 217 g/mol. The molecule has 2 atom stereocenters. The Hall–Kier alpha value is -1.12. The van der Waals surface area contributed by atoms with E-state index in [2.05, 4.69) is 18.7 Å². The average Bonchev–Trinajstić information content (AvgIpc) is 2.44. The fraction of sp³-hybridized carbons (Fsp3) is 0.357. The summed E-state index contributed by atoms with van der Waals surface area (Å²) < 4.78 is 0. The molecule has 16 heavy (non-hydrogen) atoms. The van der Waals surface area contributed by atoms with Crippen LogP contribution in [-0.2, 0) is 0 Å². The monoisotopic (exact) mass is 217 g/mol. The number of hydrogen-bond donors (Lipinski definition) is 2. The first-order valence-corrected chi connectivity index (χ1v) is 5.65. The highest BCUT2D eigenvalue weighted by Crippen LogP contribution is 2.36. The topological polar surface area (TPSA) is 40.5 Å². The fourth-order valence-electron chi connectivity index (χ4n) is 2.22. The van der Waals surface area contributed by atoms with E-state index < -0.39 is 6.10 Å². The summed E-state index contributed by atoms with van der Waals surface area (Å²) in [5.41, 5.74) is 1.71. The van der Waals surface area contributed by atoms with Crippen molar-refractivity contribution < 1.29 is 10.2 Å². The van der Waals surface area contributed by atoms with Crippen LogP contribution in [0, 0.1) is 6.10 Å². The molecule has 2 N–H and O–H groups in total. The molecule has 1 fully saturated rings. The van der Waals surface area contributed by atoms with Crippen LogP contribution in [0.15, 0.2) is 42.5 Å². The zero-order chi connectivity index (χ0) is 11.5. The van der Waals surface area contributed by atoms with Gasteiger partial charge in [0.2, 0.25) is 0 Å². The Balaban J connectivity index is 2.16. The Morgan fingerprint density at radius 3 is 2.56 bits per heavy atom. The minimum Gasteiger partial charge on any atom is -0.389 e. The van der Waals surface area contributed by atoms with Crippen LogP contribution in [0.4, 0.5) is 0 Å². The third-order valence-corrected chi connectivity index (χ3v) is 3.28. The Labute approximate surface area is 96.2 Å². The predicted molar refractivity (Wildman–Crippen MR) is 63.4 cm³/mol. The second kappa shape index (κ2) is 4.81. The van der Waals surface area contributed by atoms with Gasteiger partial charge in [0.15, 0.2) is 0 Å². The molecule has 85 valence electrons. The van der Waals surface area contributed by atoms with Crippen LogP contribution in [0.5, 0.6) is 0 Å². The lowest BCUT2D eigenvalue weighted by molar-refractivity contribution is 0.182. The maximum absolute atomic E-state index is 9.88. The van der Waals surface area contributed by atoms with Gasteiger partial charge in [0.25, 0.3) is 0 Å².